The van der Waals surface area contributed by atoms with E-state index in [1.54, 1.807) is 18.3 Å². The van der Waals surface area contributed by atoms with E-state index in [9.17, 15) is 4.79 Å². The number of hydrogen-bond donors (Lipinski definition) is 1. The first-order valence-electron chi connectivity index (χ1n) is 8.84. The predicted octanol–water partition coefficient (Wildman–Crippen LogP) is 1.70. The van der Waals surface area contributed by atoms with Crippen LogP contribution in [0, 0.1) is 13.8 Å². The molecule has 0 aromatic carbocycles. The summed E-state index contributed by atoms with van der Waals surface area (Å²) in [4.78, 5) is 22.7. The maximum Gasteiger partial charge on any atom is 0.226 e. The van der Waals surface area contributed by atoms with Gasteiger partial charge in [0.25, 0.3) is 0 Å². The van der Waals surface area contributed by atoms with Crippen LogP contribution < -0.4 is 5.32 Å². The highest BCUT2D eigenvalue weighted by atomic mass is 16.5. The minimum atomic E-state index is 0.0349. The Hall–Kier alpha value is -2.48. The summed E-state index contributed by atoms with van der Waals surface area (Å²) in [7, 11) is 1.80. The van der Waals surface area contributed by atoms with Crippen molar-refractivity contribution < 1.29 is 14.1 Å². The van der Waals surface area contributed by atoms with Crippen molar-refractivity contribution in [2.75, 3.05) is 38.7 Å². The van der Waals surface area contributed by atoms with Crippen LogP contribution in [0.25, 0.3) is 0 Å². The van der Waals surface area contributed by atoms with Crippen LogP contribution in [0.3, 0.4) is 0 Å². The van der Waals surface area contributed by atoms with E-state index in [1.807, 2.05) is 19.9 Å². The molecule has 2 aromatic rings. The fourth-order valence-corrected chi connectivity index (χ4v) is 2.98. The minimum Gasteiger partial charge on any atom is -0.381 e. The summed E-state index contributed by atoms with van der Waals surface area (Å²) in [6.45, 7) is 6.37. The van der Waals surface area contributed by atoms with Crippen LogP contribution in [0.15, 0.2) is 16.9 Å². The molecule has 1 amide bonds. The molecule has 0 bridgehead atoms. The number of nitrogens with one attached hydrogen (secondary N) is 1. The van der Waals surface area contributed by atoms with Crippen LogP contribution in [0.4, 0.5) is 5.82 Å². The lowest BCUT2D eigenvalue weighted by Crippen LogP contribution is -2.32. The molecule has 1 aliphatic rings. The average molecular weight is 359 g/mol. The highest BCUT2D eigenvalue weighted by molar-refractivity contribution is 5.79. The van der Waals surface area contributed by atoms with Crippen molar-refractivity contribution in [1.82, 2.24) is 20.0 Å². The van der Waals surface area contributed by atoms with Gasteiger partial charge in [-0.1, -0.05) is 5.16 Å². The van der Waals surface area contributed by atoms with Crippen LogP contribution in [0.2, 0.25) is 0 Å². The van der Waals surface area contributed by atoms with Gasteiger partial charge in [-0.05, 0) is 20.3 Å². The standard InChI is InChI=1S/C18H25N5O3/c1-12-15(13(2)26-22-12)8-18(24)23(3)6-5-19-17-9-16(20-11-21-17)14-4-7-25-10-14/h9,11,14H,4-8,10H2,1-3H3,(H,19,20,21). The van der Waals surface area contributed by atoms with Crippen molar-refractivity contribution in [1.29, 1.82) is 0 Å². The third-order valence-electron chi connectivity index (χ3n) is 4.72. The van der Waals surface area contributed by atoms with Crippen LogP contribution in [0.5, 0.6) is 0 Å². The molecule has 3 rings (SSSR count). The molecule has 8 heteroatoms. The number of amides is 1. The van der Waals surface area contributed by atoms with Gasteiger partial charge in [0.15, 0.2) is 0 Å². The van der Waals surface area contributed by atoms with Gasteiger partial charge in [-0.25, -0.2) is 9.97 Å². The zero-order valence-electron chi connectivity index (χ0n) is 15.5. The van der Waals surface area contributed by atoms with Gasteiger partial charge in [-0.2, -0.15) is 0 Å². The first-order valence-corrected chi connectivity index (χ1v) is 8.84. The Balaban J connectivity index is 1.48. The highest BCUT2D eigenvalue weighted by Crippen LogP contribution is 2.24. The van der Waals surface area contributed by atoms with Crippen molar-refractivity contribution in [3.8, 4) is 0 Å². The molecule has 0 radical (unpaired) electrons. The molecule has 140 valence electrons. The van der Waals surface area contributed by atoms with E-state index in [2.05, 4.69) is 20.4 Å². The second-order valence-corrected chi connectivity index (χ2v) is 6.61. The lowest BCUT2D eigenvalue weighted by atomic mass is 10.1. The molecule has 3 heterocycles. The van der Waals surface area contributed by atoms with E-state index in [0.717, 1.165) is 42.4 Å². The maximum atomic E-state index is 12.4. The van der Waals surface area contributed by atoms with Gasteiger partial charge < -0.3 is 19.5 Å². The molecule has 2 aromatic heterocycles. The Morgan fingerprint density at radius 3 is 2.92 bits per heavy atom. The third-order valence-corrected chi connectivity index (χ3v) is 4.72. The normalized spacial score (nSPS) is 16.7. The Morgan fingerprint density at radius 1 is 1.38 bits per heavy atom. The lowest BCUT2D eigenvalue weighted by Gasteiger charge is -2.18. The number of carbonyl (C=O) groups is 1. The predicted molar refractivity (Wildman–Crippen MR) is 96.0 cm³/mol. The molecule has 1 unspecified atom stereocenters. The number of hydrogen-bond acceptors (Lipinski definition) is 7. The summed E-state index contributed by atoms with van der Waals surface area (Å²) in [5.41, 5.74) is 2.64. The van der Waals surface area contributed by atoms with Crippen molar-refractivity contribution in [3.05, 3.63) is 35.1 Å². The molecule has 1 N–H and O–H groups in total. The Labute approximate surface area is 152 Å². The molecule has 1 saturated heterocycles. The van der Waals surface area contributed by atoms with Crippen molar-refractivity contribution in [2.24, 2.45) is 0 Å². The number of nitrogens with zero attached hydrogens (tertiary/aromatic N) is 4. The van der Waals surface area contributed by atoms with E-state index in [0.29, 0.717) is 31.2 Å². The fourth-order valence-electron chi connectivity index (χ4n) is 2.98. The van der Waals surface area contributed by atoms with Crippen LogP contribution in [-0.2, 0) is 16.0 Å². The van der Waals surface area contributed by atoms with E-state index >= 15 is 0 Å². The summed E-state index contributed by atoms with van der Waals surface area (Å²) in [5.74, 6) is 1.85. The van der Waals surface area contributed by atoms with Crippen molar-refractivity contribution in [2.45, 2.75) is 32.6 Å². The van der Waals surface area contributed by atoms with E-state index in [-0.39, 0.29) is 5.91 Å². The topological polar surface area (TPSA) is 93.4 Å². The number of ether oxygens (including phenoxy) is 1. The smallest absolute Gasteiger partial charge is 0.226 e. The van der Waals surface area contributed by atoms with Crippen molar-refractivity contribution in [3.63, 3.8) is 0 Å². The first kappa shape index (κ1) is 18.3. The molecule has 26 heavy (non-hydrogen) atoms. The first-order chi connectivity index (χ1) is 12.5. The van der Waals surface area contributed by atoms with Gasteiger partial charge in [-0.3, -0.25) is 4.79 Å². The largest absolute Gasteiger partial charge is 0.381 e. The Morgan fingerprint density at radius 2 is 2.23 bits per heavy atom. The number of likely N-dealkylation sites (N-methyl/N-ethyl adjacent to an activating group) is 1. The third kappa shape index (κ3) is 4.37. The average Bonchev–Trinajstić information content (AvgIpc) is 3.28. The zero-order chi connectivity index (χ0) is 18.5. The van der Waals surface area contributed by atoms with Gasteiger partial charge in [0.2, 0.25) is 5.91 Å². The summed E-state index contributed by atoms with van der Waals surface area (Å²) >= 11 is 0. The molecular weight excluding hydrogens is 334 g/mol. The highest BCUT2D eigenvalue weighted by Gasteiger charge is 2.19. The van der Waals surface area contributed by atoms with E-state index in [1.165, 1.54) is 0 Å². The molecule has 1 atom stereocenters. The number of anilines is 1. The summed E-state index contributed by atoms with van der Waals surface area (Å²) in [5, 5.41) is 7.15. The van der Waals surface area contributed by atoms with Crippen LogP contribution in [0.1, 0.15) is 35.1 Å². The van der Waals surface area contributed by atoms with Crippen molar-refractivity contribution >= 4 is 11.7 Å². The number of aromatic nitrogens is 3. The molecule has 1 aliphatic heterocycles. The van der Waals surface area contributed by atoms with Gasteiger partial charge in [0.05, 0.1) is 24.4 Å². The molecular formula is C18H25N5O3. The van der Waals surface area contributed by atoms with Gasteiger partial charge >= 0.3 is 0 Å². The van der Waals surface area contributed by atoms with Crippen LogP contribution >= 0.6 is 0 Å². The van der Waals surface area contributed by atoms with Crippen LogP contribution in [-0.4, -0.2) is 59.3 Å². The molecule has 0 aliphatic carbocycles. The maximum absolute atomic E-state index is 12.4. The monoisotopic (exact) mass is 359 g/mol. The van der Waals surface area contributed by atoms with E-state index in [4.69, 9.17) is 9.26 Å². The molecule has 1 fully saturated rings. The van der Waals surface area contributed by atoms with Gasteiger partial charge in [0, 0.05) is 44.3 Å². The van der Waals surface area contributed by atoms with E-state index < -0.39 is 0 Å². The Bertz CT molecular complexity index is 736. The summed E-state index contributed by atoms with van der Waals surface area (Å²) < 4.78 is 10.5. The lowest BCUT2D eigenvalue weighted by molar-refractivity contribution is -0.129. The number of rotatable bonds is 7. The fraction of sp³-hybridized carbons (Fsp3) is 0.556. The molecule has 8 nitrogen and oxygen atoms in total. The summed E-state index contributed by atoms with van der Waals surface area (Å²) in [6.07, 6.45) is 2.87. The minimum absolute atomic E-state index is 0.0349. The molecule has 0 spiro atoms. The zero-order valence-corrected chi connectivity index (χ0v) is 15.5. The SMILES string of the molecule is Cc1noc(C)c1CC(=O)N(C)CCNc1cc(C2CCOC2)ncn1. The van der Waals surface area contributed by atoms with Gasteiger partial charge in [0.1, 0.15) is 17.9 Å². The molecule has 0 saturated carbocycles. The summed E-state index contributed by atoms with van der Waals surface area (Å²) in [6, 6.07) is 1.96. The quantitative estimate of drug-likeness (QED) is 0.804. The second kappa shape index (κ2) is 8.27. The number of aryl methyl sites for hydroxylation is 2. The van der Waals surface area contributed by atoms with Gasteiger partial charge in [-0.15, -0.1) is 0 Å². The second-order valence-electron chi connectivity index (χ2n) is 6.61. The number of carbonyl (C=O) groups excluding carboxylic acids is 1. The Kier molecular flexibility index (Phi) is 5.82.